The largest absolute Gasteiger partial charge is 0.495 e. The zero-order valence-corrected chi connectivity index (χ0v) is 15.1. The number of ether oxygens (including phenoxy) is 2. The van der Waals surface area contributed by atoms with E-state index in [0.29, 0.717) is 24.0 Å². The summed E-state index contributed by atoms with van der Waals surface area (Å²) in [4.78, 5) is 30.4. The molecule has 1 heterocycles. The van der Waals surface area contributed by atoms with Crippen molar-refractivity contribution in [3.8, 4) is 5.75 Å². The minimum Gasteiger partial charge on any atom is -0.495 e. The molecule has 1 unspecified atom stereocenters. The predicted molar refractivity (Wildman–Crippen MR) is 91.4 cm³/mol. The van der Waals surface area contributed by atoms with Crippen LogP contribution in [-0.2, 0) is 14.4 Å². The first-order valence-corrected chi connectivity index (χ1v) is 8.43. The number of methoxy groups -OCH3 is 1. The van der Waals surface area contributed by atoms with Gasteiger partial charge in [0.2, 0.25) is 6.23 Å². The van der Waals surface area contributed by atoms with Crippen molar-refractivity contribution in [3.63, 3.8) is 0 Å². The van der Waals surface area contributed by atoms with Gasteiger partial charge in [-0.25, -0.2) is 9.18 Å². The van der Waals surface area contributed by atoms with Gasteiger partial charge in [0.1, 0.15) is 11.6 Å². The number of benzene rings is 1. The monoisotopic (exact) mass is 384 g/mol. The van der Waals surface area contributed by atoms with Gasteiger partial charge in [0.25, 0.3) is 5.91 Å². The van der Waals surface area contributed by atoms with Gasteiger partial charge in [-0.05, 0) is 31.7 Å². The van der Waals surface area contributed by atoms with Crippen molar-refractivity contribution in [2.45, 2.75) is 31.9 Å². The van der Waals surface area contributed by atoms with Crippen molar-refractivity contribution >= 4 is 29.3 Å². The lowest BCUT2D eigenvalue weighted by Gasteiger charge is -2.27. The summed E-state index contributed by atoms with van der Waals surface area (Å²) in [5.41, 5.74) is 3.21. The molecule has 0 fully saturated rings. The van der Waals surface area contributed by atoms with E-state index in [0.717, 1.165) is 23.8 Å². The van der Waals surface area contributed by atoms with Gasteiger partial charge in [-0.3, -0.25) is 14.5 Å². The summed E-state index contributed by atoms with van der Waals surface area (Å²) in [7, 11) is 2.64. The Labute approximate surface area is 154 Å². The van der Waals surface area contributed by atoms with Gasteiger partial charge in [-0.15, -0.1) is 0 Å². The molecule has 1 aromatic carbocycles. The summed E-state index contributed by atoms with van der Waals surface area (Å²) in [5, 5.41) is 0.0766. The van der Waals surface area contributed by atoms with E-state index in [9.17, 15) is 14.0 Å². The van der Waals surface area contributed by atoms with Crippen LogP contribution in [0.5, 0.6) is 5.75 Å². The molecule has 2 aliphatic rings. The van der Waals surface area contributed by atoms with Crippen LogP contribution >= 0.6 is 11.6 Å². The van der Waals surface area contributed by atoms with Gasteiger partial charge in [-0.1, -0.05) is 11.6 Å². The lowest BCUT2D eigenvalue weighted by Crippen LogP contribution is -2.41. The third-order valence-corrected chi connectivity index (χ3v) is 4.70. The van der Waals surface area contributed by atoms with E-state index < -0.39 is 24.0 Å². The van der Waals surface area contributed by atoms with Crippen LogP contribution in [0, 0.1) is 5.82 Å². The third-order valence-electron chi connectivity index (χ3n) is 4.40. The van der Waals surface area contributed by atoms with E-state index >= 15 is 0 Å². The Morgan fingerprint density at radius 2 is 2.04 bits per heavy atom. The molecule has 1 aliphatic heterocycles. The van der Waals surface area contributed by atoms with Crippen molar-refractivity contribution in [1.29, 1.82) is 0 Å². The average molecular weight is 385 g/mol. The molecule has 9 heteroatoms. The van der Waals surface area contributed by atoms with Crippen molar-refractivity contribution in [3.05, 3.63) is 34.1 Å². The number of hydrogen-bond acceptors (Lipinski definition) is 5. The Hall–Kier alpha value is -2.32. The Balaban J connectivity index is 2.04. The predicted octanol–water partition coefficient (Wildman–Crippen LogP) is 3.32. The number of hydrogen-bond donors (Lipinski definition) is 1. The van der Waals surface area contributed by atoms with E-state index in [1.54, 1.807) is 0 Å². The van der Waals surface area contributed by atoms with Crippen LogP contribution in [-0.4, -0.2) is 32.4 Å². The molecule has 1 aromatic rings. The Morgan fingerprint density at radius 3 is 2.73 bits per heavy atom. The normalized spacial score (nSPS) is 19.5. The fourth-order valence-corrected chi connectivity index (χ4v) is 3.51. The van der Waals surface area contributed by atoms with Crippen LogP contribution in [0.1, 0.15) is 25.7 Å². The van der Waals surface area contributed by atoms with Crippen molar-refractivity contribution in [2.24, 2.45) is 0 Å². The minimum atomic E-state index is -1.05. The maximum absolute atomic E-state index is 14.6. The standard InChI is InChI=1S/C17H18ClFN2O5/c1-24-14-8-13(12(19)7-11(14)18)21-15(22)9-5-3-4-6-10(9)16(21)26-17(23)20-25-2/h7-8,16H,3-6H2,1-2H3,(H,20,23). The van der Waals surface area contributed by atoms with Gasteiger partial charge in [0.05, 0.1) is 24.9 Å². The first-order chi connectivity index (χ1) is 12.5. The van der Waals surface area contributed by atoms with Crippen LogP contribution < -0.4 is 15.1 Å². The maximum atomic E-state index is 14.6. The molecule has 140 valence electrons. The molecule has 0 spiro atoms. The van der Waals surface area contributed by atoms with E-state index in [1.165, 1.54) is 20.3 Å². The smallest absolute Gasteiger partial charge is 0.433 e. The highest BCUT2D eigenvalue weighted by molar-refractivity contribution is 6.32. The van der Waals surface area contributed by atoms with Crippen molar-refractivity contribution in [2.75, 3.05) is 19.1 Å². The molecule has 26 heavy (non-hydrogen) atoms. The molecule has 0 radical (unpaired) electrons. The number of amides is 2. The maximum Gasteiger partial charge on any atom is 0.433 e. The summed E-state index contributed by atoms with van der Waals surface area (Å²) in [6.07, 6.45) is 0.932. The number of nitrogens with one attached hydrogen (secondary N) is 1. The van der Waals surface area contributed by atoms with Crippen LogP contribution in [0.2, 0.25) is 5.02 Å². The topological polar surface area (TPSA) is 77.1 Å². The minimum absolute atomic E-state index is 0.0686. The number of halogens is 2. The Kier molecular flexibility index (Phi) is 5.33. The number of anilines is 1. The molecular weight excluding hydrogens is 367 g/mol. The fraction of sp³-hybridized carbons (Fsp3) is 0.412. The van der Waals surface area contributed by atoms with E-state index in [-0.39, 0.29) is 16.5 Å². The quantitative estimate of drug-likeness (QED) is 0.806. The van der Waals surface area contributed by atoms with Gasteiger partial charge in [0.15, 0.2) is 0 Å². The zero-order valence-electron chi connectivity index (χ0n) is 14.3. The molecule has 0 saturated heterocycles. The highest BCUT2D eigenvalue weighted by Gasteiger charge is 2.44. The highest BCUT2D eigenvalue weighted by Crippen LogP contribution is 2.42. The number of carbonyl (C=O) groups is 2. The van der Waals surface area contributed by atoms with Crippen molar-refractivity contribution in [1.82, 2.24) is 5.48 Å². The second kappa shape index (κ2) is 7.51. The molecule has 7 nitrogen and oxygen atoms in total. The molecule has 1 aliphatic carbocycles. The molecule has 3 rings (SSSR count). The molecule has 1 atom stereocenters. The second-order valence-corrected chi connectivity index (χ2v) is 6.30. The van der Waals surface area contributed by atoms with Gasteiger partial charge in [-0.2, -0.15) is 5.48 Å². The second-order valence-electron chi connectivity index (χ2n) is 5.89. The lowest BCUT2D eigenvalue weighted by molar-refractivity contribution is -0.115. The van der Waals surface area contributed by atoms with E-state index in [2.05, 4.69) is 4.84 Å². The summed E-state index contributed by atoms with van der Waals surface area (Å²) in [5.74, 6) is -0.899. The zero-order chi connectivity index (χ0) is 18.8. The molecule has 2 amide bonds. The van der Waals surface area contributed by atoms with E-state index in [1.807, 2.05) is 5.48 Å². The molecule has 0 aromatic heterocycles. The Bertz CT molecular complexity index is 783. The average Bonchev–Trinajstić information content (AvgIpc) is 2.88. The number of nitrogens with zero attached hydrogens (tertiary/aromatic N) is 1. The molecule has 0 saturated carbocycles. The lowest BCUT2D eigenvalue weighted by atomic mass is 9.93. The van der Waals surface area contributed by atoms with E-state index in [4.69, 9.17) is 21.1 Å². The van der Waals surface area contributed by atoms with Crippen molar-refractivity contribution < 1.29 is 28.3 Å². The highest BCUT2D eigenvalue weighted by atomic mass is 35.5. The molecular formula is C17H18ClFN2O5. The van der Waals surface area contributed by atoms with Crippen LogP contribution in [0.15, 0.2) is 23.3 Å². The molecule has 1 N–H and O–H groups in total. The number of carbonyl (C=O) groups excluding carboxylic acids is 2. The number of hydroxylamine groups is 1. The summed E-state index contributed by atoms with van der Waals surface area (Å²) < 4.78 is 25.1. The Morgan fingerprint density at radius 1 is 1.31 bits per heavy atom. The molecule has 0 bridgehead atoms. The summed E-state index contributed by atoms with van der Waals surface area (Å²) >= 11 is 5.94. The third kappa shape index (κ3) is 3.22. The summed E-state index contributed by atoms with van der Waals surface area (Å²) in [6, 6.07) is 2.38. The summed E-state index contributed by atoms with van der Waals surface area (Å²) in [6.45, 7) is 0. The van der Waals surface area contributed by atoms with Gasteiger partial charge >= 0.3 is 6.09 Å². The first-order valence-electron chi connectivity index (χ1n) is 8.06. The first kappa shape index (κ1) is 18.5. The van der Waals surface area contributed by atoms with Gasteiger partial charge in [0, 0.05) is 17.2 Å². The van der Waals surface area contributed by atoms with Crippen LogP contribution in [0.4, 0.5) is 14.9 Å². The SMILES string of the molecule is CONC(=O)OC1C2=C(CCCC2)C(=O)N1c1cc(OC)c(Cl)cc1F. The fourth-order valence-electron chi connectivity index (χ4n) is 3.28. The number of rotatable bonds is 4. The van der Waals surface area contributed by atoms with Crippen LogP contribution in [0.3, 0.4) is 0 Å². The van der Waals surface area contributed by atoms with Gasteiger partial charge < -0.3 is 9.47 Å². The van der Waals surface area contributed by atoms with Crippen LogP contribution in [0.25, 0.3) is 0 Å².